The van der Waals surface area contributed by atoms with E-state index in [-0.39, 0.29) is 5.97 Å². The van der Waals surface area contributed by atoms with Crippen LogP contribution in [0.4, 0.5) is 10.7 Å². The fraction of sp³-hybridized carbons (Fsp3) is 0.143. The van der Waals surface area contributed by atoms with Crippen LogP contribution in [0, 0.1) is 6.92 Å². The maximum atomic E-state index is 13.1. The lowest BCUT2D eigenvalue weighted by atomic mass is 10.0. The summed E-state index contributed by atoms with van der Waals surface area (Å²) in [5, 5.41) is 4.58. The minimum Gasteiger partial charge on any atom is -0.462 e. The van der Waals surface area contributed by atoms with Gasteiger partial charge in [0, 0.05) is 16.1 Å². The molecule has 0 aliphatic heterocycles. The van der Waals surface area contributed by atoms with Crippen LogP contribution in [0.25, 0.3) is 11.1 Å². The Hall–Kier alpha value is -3.48. The highest BCUT2D eigenvalue weighted by molar-refractivity contribution is 7.80. The second-order valence-corrected chi connectivity index (χ2v) is 9.27. The molecule has 0 fully saturated rings. The first-order valence-electron chi connectivity index (χ1n) is 11.1. The number of thiocarbonyl (C=S) groups is 1. The van der Waals surface area contributed by atoms with Gasteiger partial charge in [0.1, 0.15) is 10.6 Å². The molecule has 1 heterocycles. The van der Waals surface area contributed by atoms with Crippen molar-refractivity contribution < 1.29 is 9.53 Å². The number of anilines is 2. The Morgan fingerprint density at radius 2 is 1.53 bits per heavy atom. The summed E-state index contributed by atoms with van der Waals surface area (Å²) in [5.74, 6) is -0.356. The van der Waals surface area contributed by atoms with Crippen molar-refractivity contribution in [1.29, 1.82) is 0 Å². The summed E-state index contributed by atoms with van der Waals surface area (Å²) in [5.41, 5.74) is 4.48. The Bertz CT molecular complexity index is 1260. The molecule has 4 rings (SSSR count). The summed E-state index contributed by atoms with van der Waals surface area (Å²) in [7, 11) is 0. The third kappa shape index (κ3) is 5.35. The molecule has 0 aliphatic rings. The molecular weight excluding hydrogens is 460 g/mol. The topological polar surface area (TPSA) is 41.6 Å². The number of hydrogen-bond acceptors (Lipinski definition) is 4. The van der Waals surface area contributed by atoms with E-state index in [2.05, 4.69) is 17.4 Å². The summed E-state index contributed by atoms with van der Waals surface area (Å²) in [4.78, 5) is 16.1. The summed E-state index contributed by atoms with van der Waals surface area (Å²) < 4.78 is 5.44. The van der Waals surface area contributed by atoms with E-state index in [0.29, 0.717) is 28.8 Å². The minimum atomic E-state index is -0.356. The monoisotopic (exact) mass is 486 g/mol. The van der Waals surface area contributed by atoms with Crippen molar-refractivity contribution in [2.75, 3.05) is 16.8 Å². The van der Waals surface area contributed by atoms with Gasteiger partial charge in [-0.15, -0.1) is 11.3 Å². The van der Waals surface area contributed by atoms with E-state index in [1.165, 1.54) is 11.3 Å². The molecule has 0 saturated heterocycles. The molecular formula is C28H26N2O2S2. The van der Waals surface area contributed by atoms with E-state index in [0.717, 1.165) is 27.3 Å². The zero-order valence-corrected chi connectivity index (χ0v) is 20.8. The van der Waals surface area contributed by atoms with Crippen LogP contribution in [0.2, 0.25) is 0 Å². The van der Waals surface area contributed by atoms with Crippen LogP contribution in [0.5, 0.6) is 0 Å². The fourth-order valence-electron chi connectivity index (χ4n) is 3.80. The lowest BCUT2D eigenvalue weighted by Gasteiger charge is -2.26. The van der Waals surface area contributed by atoms with Gasteiger partial charge >= 0.3 is 5.97 Å². The number of carbonyl (C=O) groups excluding carboxylic acids is 1. The van der Waals surface area contributed by atoms with Crippen molar-refractivity contribution in [3.05, 3.63) is 107 Å². The maximum absolute atomic E-state index is 13.1. The van der Waals surface area contributed by atoms with Gasteiger partial charge in [0.2, 0.25) is 0 Å². The molecule has 4 nitrogen and oxygen atoms in total. The summed E-state index contributed by atoms with van der Waals surface area (Å²) in [6, 6.07) is 30.1. The Morgan fingerprint density at radius 3 is 2.15 bits per heavy atom. The molecule has 1 aromatic heterocycles. The van der Waals surface area contributed by atoms with Gasteiger partial charge in [-0.3, -0.25) is 0 Å². The normalized spacial score (nSPS) is 10.5. The number of nitrogens with one attached hydrogen (secondary N) is 1. The van der Waals surface area contributed by atoms with Gasteiger partial charge in [-0.25, -0.2) is 4.79 Å². The van der Waals surface area contributed by atoms with Crippen LogP contribution in [0.1, 0.15) is 27.7 Å². The Morgan fingerprint density at radius 1 is 0.941 bits per heavy atom. The smallest absolute Gasteiger partial charge is 0.341 e. The fourth-order valence-corrected chi connectivity index (χ4v) is 5.20. The molecule has 0 bridgehead atoms. The number of carbonyl (C=O) groups is 1. The quantitative estimate of drug-likeness (QED) is 0.219. The first kappa shape index (κ1) is 23.7. The van der Waals surface area contributed by atoms with E-state index < -0.39 is 0 Å². The average Bonchev–Trinajstić information content (AvgIpc) is 3.19. The first-order valence-corrected chi connectivity index (χ1v) is 12.3. The van der Waals surface area contributed by atoms with E-state index in [4.69, 9.17) is 17.0 Å². The van der Waals surface area contributed by atoms with Gasteiger partial charge in [-0.05, 0) is 49.3 Å². The summed E-state index contributed by atoms with van der Waals surface area (Å²) in [6.07, 6.45) is 0. The number of esters is 1. The maximum Gasteiger partial charge on any atom is 0.341 e. The molecule has 0 atom stereocenters. The van der Waals surface area contributed by atoms with Crippen molar-refractivity contribution in [3.8, 4) is 11.1 Å². The number of benzene rings is 3. The van der Waals surface area contributed by atoms with Gasteiger partial charge in [0.15, 0.2) is 5.11 Å². The van der Waals surface area contributed by atoms with E-state index in [9.17, 15) is 4.79 Å². The first-order chi connectivity index (χ1) is 16.6. The number of thiophene rings is 1. The van der Waals surface area contributed by atoms with Crippen molar-refractivity contribution >= 4 is 45.3 Å². The third-order valence-electron chi connectivity index (χ3n) is 5.34. The molecule has 0 spiro atoms. The molecule has 4 aromatic rings. The molecule has 0 unspecified atom stereocenters. The second-order valence-electron chi connectivity index (χ2n) is 7.66. The number of nitrogens with zero attached hydrogens (tertiary/aromatic N) is 1. The molecule has 6 heteroatoms. The van der Waals surface area contributed by atoms with Crippen LogP contribution in [-0.4, -0.2) is 17.7 Å². The molecule has 1 N–H and O–H groups in total. The second kappa shape index (κ2) is 11.1. The molecule has 0 saturated carbocycles. The van der Waals surface area contributed by atoms with Gasteiger partial charge in [0.05, 0.1) is 13.2 Å². The van der Waals surface area contributed by atoms with E-state index >= 15 is 0 Å². The van der Waals surface area contributed by atoms with Crippen molar-refractivity contribution in [2.24, 2.45) is 0 Å². The third-order valence-corrected chi connectivity index (χ3v) is 6.69. The number of hydrogen-bond donors (Lipinski definition) is 1. The average molecular weight is 487 g/mol. The molecule has 3 aromatic carbocycles. The summed E-state index contributed by atoms with van der Waals surface area (Å²) in [6.45, 7) is 4.73. The molecule has 0 radical (unpaired) electrons. The van der Waals surface area contributed by atoms with Crippen LogP contribution < -0.4 is 10.2 Å². The number of rotatable bonds is 7. The van der Waals surface area contributed by atoms with Crippen molar-refractivity contribution in [3.63, 3.8) is 0 Å². The summed E-state index contributed by atoms with van der Waals surface area (Å²) >= 11 is 7.40. The van der Waals surface area contributed by atoms with Crippen LogP contribution in [-0.2, 0) is 11.3 Å². The standard InChI is InChI=1S/C28H26N2O2S2/c1-3-32-27(31)25-24(22-15-9-5-10-16-22)20(2)34-26(25)29-28(33)30(23-17-11-6-12-18-23)19-21-13-7-4-8-14-21/h4-18H,3,19H2,1-2H3,(H,29,33). The molecule has 172 valence electrons. The van der Waals surface area contributed by atoms with Crippen molar-refractivity contribution in [2.45, 2.75) is 20.4 Å². The predicted octanol–water partition coefficient (Wildman–Crippen LogP) is 7.30. The highest BCUT2D eigenvalue weighted by atomic mass is 32.1. The molecule has 0 aliphatic carbocycles. The van der Waals surface area contributed by atoms with Crippen molar-refractivity contribution in [1.82, 2.24) is 0 Å². The van der Waals surface area contributed by atoms with Gasteiger partial charge in [0.25, 0.3) is 0 Å². The Labute approximate surface area is 209 Å². The molecule has 0 amide bonds. The lowest BCUT2D eigenvalue weighted by Crippen LogP contribution is -2.34. The number of para-hydroxylation sites is 1. The van der Waals surface area contributed by atoms with E-state index in [1.807, 2.05) is 97.6 Å². The lowest BCUT2D eigenvalue weighted by molar-refractivity contribution is 0.0529. The molecule has 34 heavy (non-hydrogen) atoms. The highest BCUT2D eigenvalue weighted by Gasteiger charge is 2.26. The minimum absolute atomic E-state index is 0.302. The Balaban J connectivity index is 1.72. The van der Waals surface area contributed by atoms with Crippen LogP contribution in [0.3, 0.4) is 0 Å². The van der Waals surface area contributed by atoms with E-state index in [1.54, 1.807) is 0 Å². The number of ether oxygens (including phenoxy) is 1. The SMILES string of the molecule is CCOC(=O)c1c(NC(=S)N(Cc2ccccc2)c2ccccc2)sc(C)c1-c1ccccc1. The highest BCUT2D eigenvalue weighted by Crippen LogP contribution is 2.40. The van der Waals surface area contributed by atoms with Gasteiger partial charge < -0.3 is 15.0 Å². The van der Waals surface area contributed by atoms with Crippen LogP contribution in [0.15, 0.2) is 91.0 Å². The van der Waals surface area contributed by atoms with Gasteiger partial charge in [-0.1, -0.05) is 78.9 Å². The zero-order valence-electron chi connectivity index (χ0n) is 19.2. The van der Waals surface area contributed by atoms with Gasteiger partial charge in [-0.2, -0.15) is 0 Å². The predicted molar refractivity (Wildman–Crippen MR) is 146 cm³/mol. The largest absolute Gasteiger partial charge is 0.462 e. The number of aryl methyl sites for hydroxylation is 1. The Kier molecular flexibility index (Phi) is 7.72. The van der Waals surface area contributed by atoms with Crippen LogP contribution >= 0.6 is 23.6 Å². The zero-order chi connectivity index (χ0) is 23.9.